The van der Waals surface area contributed by atoms with Crippen molar-refractivity contribution < 1.29 is 13.2 Å². The van der Waals surface area contributed by atoms with Gasteiger partial charge in [0, 0.05) is 12.6 Å². The van der Waals surface area contributed by atoms with Crippen molar-refractivity contribution in [1.29, 1.82) is 0 Å². The molecule has 0 saturated carbocycles. The SMILES string of the molecule is CCNCC(CC)N(CC)CC(F)(F)F. The minimum absolute atomic E-state index is 0.0309. The molecule has 1 atom stereocenters. The second-order valence-corrected chi connectivity index (χ2v) is 3.55. The molecule has 15 heavy (non-hydrogen) atoms. The third-order valence-electron chi connectivity index (χ3n) is 2.41. The van der Waals surface area contributed by atoms with E-state index in [1.807, 2.05) is 13.8 Å². The second-order valence-electron chi connectivity index (χ2n) is 3.55. The Morgan fingerprint density at radius 3 is 2.13 bits per heavy atom. The Hall–Kier alpha value is -0.290. The number of nitrogens with zero attached hydrogens (tertiary/aromatic N) is 1. The number of halogens is 3. The first kappa shape index (κ1) is 14.7. The summed E-state index contributed by atoms with van der Waals surface area (Å²) in [5.74, 6) is 0. The van der Waals surface area contributed by atoms with Crippen LogP contribution in [-0.2, 0) is 0 Å². The molecule has 0 amide bonds. The number of likely N-dealkylation sites (N-methyl/N-ethyl adjacent to an activating group) is 2. The van der Waals surface area contributed by atoms with Gasteiger partial charge >= 0.3 is 6.18 Å². The maximum atomic E-state index is 12.2. The van der Waals surface area contributed by atoms with Gasteiger partial charge in [0.05, 0.1) is 6.54 Å². The lowest BCUT2D eigenvalue weighted by molar-refractivity contribution is -0.150. The van der Waals surface area contributed by atoms with Gasteiger partial charge in [-0.05, 0) is 19.5 Å². The van der Waals surface area contributed by atoms with Crippen LogP contribution < -0.4 is 5.32 Å². The highest BCUT2D eigenvalue weighted by molar-refractivity contribution is 4.74. The van der Waals surface area contributed by atoms with Crippen molar-refractivity contribution in [2.45, 2.75) is 39.4 Å². The van der Waals surface area contributed by atoms with Crippen LogP contribution in [0, 0.1) is 0 Å². The molecular formula is C10H21F3N2. The zero-order valence-electron chi connectivity index (χ0n) is 9.69. The van der Waals surface area contributed by atoms with Crippen molar-refractivity contribution in [3.63, 3.8) is 0 Å². The summed E-state index contributed by atoms with van der Waals surface area (Å²) < 4.78 is 36.7. The Kier molecular flexibility index (Phi) is 6.92. The first-order chi connectivity index (χ1) is 6.94. The molecule has 0 radical (unpaired) electrons. The molecule has 0 aromatic heterocycles. The molecule has 0 spiro atoms. The van der Waals surface area contributed by atoms with Gasteiger partial charge in [-0.1, -0.05) is 20.8 Å². The Balaban J connectivity index is 4.20. The van der Waals surface area contributed by atoms with Crippen LogP contribution in [0.2, 0.25) is 0 Å². The van der Waals surface area contributed by atoms with E-state index in [0.717, 1.165) is 13.0 Å². The largest absolute Gasteiger partial charge is 0.401 e. The first-order valence-corrected chi connectivity index (χ1v) is 5.46. The summed E-state index contributed by atoms with van der Waals surface area (Å²) in [7, 11) is 0. The van der Waals surface area contributed by atoms with Gasteiger partial charge in [-0.25, -0.2) is 0 Å². The lowest BCUT2D eigenvalue weighted by atomic mass is 10.2. The minimum Gasteiger partial charge on any atom is -0.315 e. The van der Waals surface area contributed by atoms with Crippen LogP contribution in [-0.4, -0.2) is 43.3 Å². The highest BCUT2D eigenvalue weighted by atomic mass is 19.4. The summed E-state index contributed by atoms with van der Waals surface area (Å²) in [6.45, 7) is 6.67. The van der Waals surface area contributed by atoms with E-state index in [1.165, 1.54) is 4.90 Å². The van der Waals surface area contributed by atoms with Crippen LogP contribution in [0.5, 0.6) is 0 Å². The fraction of sp³-hybridized carbons (Fsp3) is 1.00. The van der Waals surface area contributed by atoms with Gasteiger partial charge in [-0.2, -0.15) is 13.2 Å². The van der Waals surface area contributed by atoms with E-state index in [0.29, 0.717) is 13.1 Å². The minimum atomic E-state index is -4.10. The molecule has 0 heterocycles. The number of alkyl halides is 3. The molecule has 0 saturated heterocycles. The monoisotopic (exact) mass is 226 g/mol. The Labute approximate surface area is 89.8 Å². The highest BCUT2D eigenvalue weighted by Gasteiger charge is 2.32. The van der Waals surface area contributed by atoms with Crippen molar-refractivity contribution >= 4 is 0 Å². The predicted molar refractivity (Wildman–Crippen MR) is 55.9 cm³/mol. The van der Waals surface area contributed by atoms with Gasteiger partial charge in [0.1, 0.15) is 0 Å². The maximum Gasteiger partial charge on any atom is 0.401 e. The number of hydrogen-bond acceptors (Lipinski definition) is 2. The molecule has 5 heteroatoms. The molecule has 0 aliphatic carbocycles. The lowest BCUT2D eigenvalue weighted by Crippen LogP contribution is -2.46. The molecule has 0 fully saturated rings. The van der Waals surface area contributed by atoms with Gasteiger partial charge in [0.15, 0.2) is 0 Å². The van der Waals surface area contributed by atoms with Gasteiger partial charge < -0.3 is 5.32 Å². The smallest absolute Gasteiger partial charge is 0.315 e. The van der Waals surface area contributed by atoms with Gasteiger partial charge in [0.25, 0.3) is 0 Å². The summed E-state index contributed by atoms with van der Waals surface area (Å²) in [5, 5.41) is 3.09. The number of rotatable bonds is 7. The summed E-state index contributed by atoms with van der Waals surface area (Å²) in [6.07, 6.45) is -3.37. The average Bonchev–Trinajstić information content (AvgIpc) is 2.15. The van der Waals surface area contributed by atoms with Gasteiger partial charge in [0.2, 0.25) is 0 Å². The van der Waals surface area contributed by atoms with E-state index in [4.69, 9.17) is 0 Å². The number of hydrogen-bond donors (Lipinski definition) is 1. The molecule has 1 N–H and O–H groups in total. The molecule has 1 unspecified atom stereocenters. The Bertz CT molecular complexity index is 159. The molecule has 92 valence electrons. The third kappa shape index (κ3) is 6.73. The molecule has 0 bridgehead atoms. The second kappa shape index (κ2) is 7.06. The summed E-state index contributed by atoms with van der Waals surface area (Å²) in [6, 6.07) is -0.0309. The summed E-state index contributed by atoms with van der Waals surface area (Å²) >= 11 is 0. The topological polar surface area (TPSA) is 15.3 Å². The average molecular weight is 226 g/mol. The zero-order valence-corrected chi connectivity index (χ0v) is 9.69. The quantitative estimate of drug-likeness (QED) is 0.716. The van der Waals surface area contributed by atoms with Crippen LogP contribution >= 0.6 is 0 Å². The van der Waals surface area contributed by atoms with Crippen LogP contribution in [0.3, 0.4) is 0 Å². The molecule has 0 rings (SSSR count). The standard InChI is InChI=1S/C10H21F3N2/c1-4-9(7-14-5-2)15(6-3)8-10(11,12)13/h9,14H,4-8H2,1-3H3. The maximum absolute atomic E-state index is 12.2. The van der Waals surface area contributed by atoms with E-state index < -0.39 is 12.7 Å². The Morgan fingerprint density at radius 1 is 1.20 bits per heavy atom. The van der Waals surface area contributed by atoms with E-state index in [9.17, 15) is 13.2 Å². The van der Waals surface area contributed by atoms with Gasteiger partial charge in [-0.15, -0.1) is 0 Å². The van der Waals surface area contributed by atoms with Crippen molar-refractivity contribution in [2.24, 2.45) is 0 Å². The fourth-order valence-electron chi connectivity index (χ4n) is 1.57. The molecule has 0 aromatic carbocycles. The fourth-order valence-corrected chi connectivity index (χ4v) is 1.57. The zero-order chi connectivity index (χ0) is 11.9. The molecule has 2 nitrogen and oxygen atoms in total. The van der Waals surface area contributed by atoms with E-state index >= 15 is 0 Å². The van der Waals surface area contributed by atoms with E-state index in [-0.39, 0.29) is 6.04 Å². The molecule has 0 aliphatic rings. The van der Waals surface area contributed by atoms with Crippen LogP contribution in [0.25, 0.3) is 0 Å². The van der Waals surface area contributed by atoms with Crippen molar-refractivity contribution in [3.05, 3.63) is 0 Å². The summed E-state index contributed by atoms with van der Waals surface area (Å²) in [5.41, 5.74) is 0. The van der Waals surface area contributed by atoms with Crippen LogP contribution in [0.15, 0.2) is 0 Å². The highest BCUT2D eigenvalue weighted by Crippen LogP contribution is 2.18. The Morgan fingerprint density at radius 2 is 1.80 bits per heavy atom. The number of nitrogens with one attached hydrogen (secondary N) is 1. The van der Waals surface area contributed by atoms with E-state index in [2.05, 4.69) is 5.32 Å². The van der Waals surface area contributed by atoms with Crippen LogP contribution in [0.1, 0.15) is 27.2 Å². The van der Waals surface area contributed by atoms with Crippen LogP contribution in [0.4, 0.5) is 13.2 Å². The van der Waals surface area contributed by atoms with Crippen molar-refractivity contribution in [1.82, 2.24) is 10.2 Å². The lowest BCUT2D eigenvalue weighted by Gasteiger charge is -2.30. The molecular weight excluding hydrogens is 205 g/mol. The first-order valence-electron chi connectivity index (χ1n) is 5.46. The molecule has 0 aliphatic heterocycles. The normalized spacial score (nSPS) is 14.6. The predicted octanol–water partition coefficient (Wildman–Crippen LogP) is 2.26. The molecule has 0 aromatic rings. The van der Waals surface area contributed by atoms with Gasteiger partial charge in [-0.3, -0.25) is 4.90 Å². The van der Waals surface area contributed by atoms with Crippen molar-refractivity contribution in [3.8, 4) is 0 Å². The van der Waals surface area contributed by atoms with Crippen molar-refractivity contribution in [2.75, 3.05) is 26.2 Å². The van der Waals surface area contributed by atoms with E-state index in [1.54, 1.807) is 6.92 Å². The third-order valence-corrected chi connectivity index (χ3v) is 2.41. The summed E-state index contributed by atoms with van der Waals surface area (Å²) in [4.78, 5) is 1.47.